The summed E-state index contributed by atoms with van der Waals surface area (Å²) in [6.07, 6.45) is -1.11. The van der Waals surface area contributed by atoms with E-state index in [1.165, 1.54) is 4.90 Å². The maximum Gasteiger partial charge on any atom is 0.336 e. The molecule has 6 nitrogen and oxygen atoms in total. The minimum absolute atomic E-state index is 0.301. The van der Waals surface area contributed by atoms with Gasteiger partial charge >= 0.3 is 6.03 Å². The zero-order chi connectivity index (χ0) is 21.7. The molecule has 5 rings (SSSR count). The van der Waals surface area contributed by atoms with Crippen molar-refractivity contribution in [1.82, 2.24) is 0 Å². The smallest absolute Gasteiger partial charge is 0.336 e. The van der Waals surface area contributed by atoms with Gasteiger partial charge in [0, 0.05) is 5.69 Å². The van der Waals surface area contributed by atoms with E-state index in [0.29, 0.717) is 22.7 Å². The minimum atomic E-state index is -1.11. The molecule has 3 aromatic rings. The number of hydrogen-bond donors (Lipinski definition) is 0. The van der Waals surface area contributed by atoms with E-state index in [9.17, 15) is 14.4 Å². The maximum absolute atomic E-state index is 13.6. The van der Waals surface area contributed by atoms with Crippen LogP contribution in [0.25, 0.3) is 0 Å². The molecular weight excluding hydrogens is 392 g/mol. The minimum Gasteiger partial charge on any atom is -0.479 e. The van der Waals surface area contributed by atoms with Gasteiger partial charge in [-0.2, -0.15) is 0 Å². The molecule has 31 heavy (non-hydrogen) atoms. The Balaban J connectivity index is 1.61. The molecule has 0 saturated carbocycles. The van der Waals surface area contributed by atoms with Crippen LogP contribution in [-0.4, -0.2) is 29.9 Å². The van der Waals surface area contributed by atoms with Crippen molar-refractivity contribution in [2.24, 2.45) is 0 Å². The number of carbonyl (C=O) groups excluding carboxylic acids is 3. The number of benzene rings is 3. The molecule has 0 aromatic heterocycles. The molecule has 1 fully saturated rings. The number of urea groups is 1. The lowest BCUT2D eigenvalue weighted by Crippen LogP contribution is -2.49. The Bertz CT molecular complexity index is 1200. The van der Waals surface area contributed by atoms with Crippen LogP contribution in [0.5, 0.6) is 5.75 Å². The van der Waals surface area contributed by atoms with Crippen LogP contribution in [-0.2, 0) is 4.79 Å². The maximum atomic E-state index is 13.6. The van der Waals surface area contributed by atoms with Crippen molar-refractivity contribution in [3.05, 3.63) is 89.5 Å². The summed E-state index contributed by atoms with van der Waals surface area (Å²) in [5.74, 6) is -0.361. The topological polar surface area (TPSA) is 66.9 Å². The summed E-state index contributed by atoms with van der Waals surface area (Å²) in [6, 6.07) is 19.7. The highest BCUT2D eigenvalue weighted by Crippen LogP contribution is 2.37. The summed E-state index contributed by atoms with van der Waals surface area (Å²) in [4.78, 5) is 42.7. The van der Waals surface area contributed by atoms with Gasteiger partial charge in [-0.25, -0.2) is 9.69 Å². The number of fused-ring (bicyclic) bond motifs is 1. The summed E-state index contributed by atoms with van der Waals surface area (Å²) in [7, 11) is 0. The van der Waals surface area contributed by atoms with E-state index >= 15 is 0 Å². The van der Waals surface area contributed by atoms with Crippen LogP contribution in [0.1, 0.15) is 21.5 Å². The molecule has 0 radical (unpaired) electrons. The number of Topliss-reactive ketones (excluding diaryl/α,β-unsaturated/α-hetero) is 1. The molecule has 2 unspecified atom stereocenters. The summed E-state index contributed by atoms with van der Waals surface area (Å²) < 4.78 is 5.91. The molecule has 2 atom stereocenters. The van der Waals surface area contributed by atoms with Gasteiger partial charge in [0.05, 0.1) is 11.3 Å². The first-order valence-electron chi connectivity index (χ1n) is 10.1. The van der Waals surface area contributed by atoms with Gasteiger partial charge in [-0.05, 0) is 50.2 Å². The third-order valence-electron chi connectivity index (χ3n) is 5.70. The lowest BCUT2D eigenvalue weighted by atomic mass is 10.0. The van der Waals surface area contributed by atoms with E-state index in [1.54, 1.807) is 48.5 Å². The van der Waals surface area contributed by atoms with E-state index in [-0.39, 0.29) is 5.78 Å². The Hall–Kier alpha value is -3.93. The summed E-state index contributed by atoms with van der Waals surface area (Å²) in [5.41, 5.74) is 3.46. The number of hydrogen-bond acceptors (Lipinski definition) is 4. The van der Waals surface area contributed by atoms with Gasteiger partial charge in [0.25, 0.3) is 5.91 Å². The quantitative estimate of drug-likeness (QED) is 0.602. The van der Waals surface area contributed by atoms with Crippen LogP contribution < -0.4 is 14.5 Å². The lowest BCUT2D eigenvalue weighted by Gasteiger charge is -2.25. The molecule has 2 aliphatic heterocycles. The second-order valence-electron chi connectivity index (χ2n) is 7.84. The molecule has 0 spiro atoms. The number of imide groups is 1. The molecule has 3 aromatic carbocycles. The molecule has 2 heterocycles. The zero-order valence-electron chi connectivity index (χ0n) is 17.1. The molecule has 1 saturated heterocycles. The van der Waals surface area contributed by atoms with Gasteiger partial charge in [-0.15, -0.1) is 0 Å². The highest BCUT2D eigenvalue weighted by atomic mass is 16.5. The third-order valence-corrected chi connectivity index (χ3v) is 5.70. The molecule has 3 amide bonds. The first-order chi connectivity index (χ1) is 15.0. The molecule has 2 aliphatic rings. The second kappa shape index (κ2) is 7.09. The van der Waals surface area contributed by atoms with Crippen molar-refractivity contribution in [3.63, 3.8) is 0 Å². The van der Waals surface area contributed by atoms with Crippen LogP contribution in [0.2, 0.25) is 0 Å². The SMILES string of the molecule is Cc1ccc(N2C(=O)C(C3Oc4ccccc4C3=O)N(c3ccc(C)cc3)C2=O)cc1. The highest BCUT2D eigenvalue weighted by Gasteiger charge is 2.55. The number of ether oxygens (including phenoxy) is 1. The number of nitrogens with zero attached hydrogens (tertiary/aromatic N) is 2. The largest absolute Gasteiger partial charge is 0.479 e. The van der Waals surface area contributed by atoms with Gasteiger partial charge in [0.2, 0.25) is 5.78 Å². The predicted octanol–water partition coefficient (Wildman–Crippen LogP) is 4.29. The van der Waals surface area contributed by atoms with Gasteiger partial charge < -0.3 is 4.74 Å². The number of aryl methyl sites for hydroxylation is 2. The molecule has 0 aliphatic carbocycles. The van der Waals surface area contributed by atoms with Crippen molar-refractivity contribution >= 4 is 29.1 Å². The Morgan fingerprint density at radius 1 is 0.742 bits per heavy atom. The van der Waals surface area contributed by atoms with Gasteiger partial charge in [0.1, 0.15) is 5.75 Å². The number of amides is 3. The van der Waals surface area contributed by atoms with E-state index in [2.05, 4.69) is 0 Å². The number of anilines is 2. The molecule has 0 bridgehead atoms. The van der Waals surface area contributed by atoms with Crippen LogP contribution in [0.15, 0.2) is 72.8 Å². The fraction of sp³-hybridized carbons (Fsp3) is 0.160. The van der Waals surface area contributed by atoms with Gasteiger partial charge in [0.15, 0.2) is 12.1 Å². The van der Waals surface area contributed by atoms with Crippen molar-refractivity contribution < 1.29 is 19.1 Å². The fourth-order valence-corrected chi connectivity index (χ4v) is 4.06. The van der Waals surface area contributed by atoms with Gasteiger partial charge in [-0.3, -0.25) is 14.5 Å². The Morgan fingerprint density at radius 3 is 1.94 bits per heavy atom. The van der Waals surface area contributed by atoms with Crippen molar-refractivity contribution in [3.8, 4) is 5.75 Å². The van der Waals surface area contributed by atoms with Crippen molar-refractivity contribution in [2.75, 3.05) is 9.80 Å². The van der Waals surface area contributed by atoms with E-state index in [4.69, 9.17) is 4.74 Å². The normalized spacial score (nSPS) is 20.3. The Morgan fingerprint density at radius 2 is 1.32 bits per heavy atom. The Labute approximate surface area is 179 Å². The summed E-state index contributed by atoms with van der Waals surface area (Å²) >= 11 is 0. The summed E-state index contributed by atoms with van der Waals surface area (Å²) in [5, 5.41) is 0. The standard InChI is InChI=1S/C25H20N2O4/c1-15-7-11-17(12-8-15)26-21(23-22(28)19-5-3-4-6-20(19)31-23)24(29)27(25(26)30)18-13-9-16(2)10-14-18/h3-14,21,23H,1-2H3. The summed E-state index contributed by atoms with van der Waals surface area (Å²) in [6.45, 7) is 3.87. The van der Waals surface area contributed by atoms with E-state index < -0.39 is 24.1 Å². The van der Waals surface area contributed by atoms with Crippen LogP contribution >= 0.6 is 0 Å². The monoisotopic (exact) mass is 412 g/mol. The fourth-order valence-electron chi connectivity index (χ4n) is 4.06. The van der Waals surface area contributed by atoms with Crippen molar-refractivity contribution in [2.45, 2.75) is 26.0 Å². The molecule has 0 N–H and O–H groups in total. The van der Waals surface area contributed by atoms with E-state index in [0.717, 1.165) is 16.0 Å². The van der Waals surface area contributed by atoms with Crippen LogP contribution in [0.3, 0.4) is 0 Å². The third kappa shape index (κ3) is 2.99. The first kappa shape index (κ1) is 19.1. The Kier molecular flexibility index (Phi) is 4.36. The predicted molar refractivity (Wildman–Crippen MR) is 117 cm³/mol. The number of ketones is 1. The molecule has 154 valence electrons. The second-order valence-corrected chi connectivity index (χ2v) is 7.84. The molecular formula is C25H20N2O4. The lowest BCUT2D eigenvalue weighted by molar-refractivity contribution is -0.119. The first-order valence-corrected chi connectivity index (χ1v) is 10.1. The van der Waals surface area contributed by atoms with Gasteiger partial charge in [-0.1, -0.05) is 47.5 Å². The number of para-hydroxylation sites is 1. The molecule has 6 heteroatoms. The highest BCUT2D eigenvalue weighted by molar-refractivity contribution is 6.30. The van der Waals surface area contributed by atoms with Crippen molar-refractivity contribution in [1.29, 1.82) is 0 Å². The van der Waals surface area contributed by atoms with Crippen LogP contribution in [0, 0.1) is 13.8 Å². The average Bonchev–Trinajstić information content (AvgIpc) is 3.23. The number of carbonyl (C=O) groups is 3. The van der Waals surface area contributed by atoms with Crippen LogP contribution in [0.4, 0.5) is 16.2 Å². The number of rotatable bonds is 3. The average molecular weight is 412 g/mol. The zero-order valence-corrected chi connectivity index (χ0v) is 17.1. The van der Waals surface area contributed by atoms with E-state index in [1.807, 2.05) is 38.1 Å².